The number of hydrogen-bond donors (Lipinski definition) is 2. The zero-order chi connectivity index (χ0) is 11.6. The molecule has 15 heavy (non-hydrogen) atoms. The molecule has 1 rings (SSSR count). The van der Waals surface area contributed by atoms with Gasteiger partial charge < -0.3 is 15.6 Å². The molecule has 0 fully saturated rings. The van der Waals surface area contributed by atoms with Gasteiger partial charge in [0.2, 0.25) is 5.91 Å². The van der Waals surface area contributed by atoms with Gasteiger partial charge in [0.1, 0.15) is 11.7 Å². The highest BCUT2D eigenvalue weighted by atomic mass is 79.9. The lowest BCUT2D eigenvalue weighted by atomic mass is 10.3. The Labute approximate surface area is 95.8 Å². The monoisotopic (exact) mass is 273 g/mol. The van der Waals surface area contributed by atoms with E-state index in [9.17, 15) is 9.59 Å². The molecule has 2 amide bonds. The predicted octanol–water partition coefficient (Wildman–Crippen LogP) is 0.391. The first-order valence-corrected chi connectivity index (χ1v) is 5.13. The maximum absolute atomic E-state index is 11.6. The summed E-state index contributed by atoms with van der Waals surface area (Å²) >= 11 is 3.25. The van der Waals surface area contributed by atoms with Gasteiger partial charge in [-0.05, 0) is 28.9 Å². The number of nitrogens with zero attached hydrogens (tertiary/aromatic N) is 1. The molecule has 0 aliphatic carbocycles. The van der Waals surface area contributed by atoms with Crippen LogP contribution in [0.5, 0.6) is 0 Å². The summed E-state index contributed by atoms with van der Waals surface area (Å²) in [6.07, 6.45) is 1.75. The van der Waals surface area contributed by atoms with E-state index in [1.807, 2.05) is 0 Å². The van der Waals surface area contributed by atoms with Crippen molar-refractivity contribution in [3.63, 3.8) is 0 Å². The average Bonchev–Trinajstić information content (AvgIpc) is 2.44. The summed E-state index contributed by atoms with van der Waals surface area (Å²) in [7, 11) is 1.74. The summed E-state index contributed by atoms with van der Waals surface area (Å²) in [5.41, 5.74) is 5.50. The third-order valence-corrected chi connectivity index (χ3v) is 2.41. The van der Waals surface area contributed by atoms with Gasteiger partial charge in [-0.15, -0.1) is 0 Å². The highest BCUT2D eigenvalue weighted by Gasteiger charge is 2.16. The Morgan fingerprint density at radius 1 is 1.60 bits per heavy atom. The van der Waals surface area contributed by atoms with Gasteiger partial charge in [-0.3, -0.25) is 9.59 Å². The number of amides is 2. The van der Waals surface area contributed by atoms with Crippen LogP contribution in [-0.4, -0.2) is 22.4 Å². The van der Waals surface area contributed by atoms with Crippen LogP contribution in [-0.2, 0) is 11.8 Å². The van der Waals surface area contributed by atoms with Crippen LogP contribution < -0.4 is 11.1 Å². The second-order valence-electron chi connectivity index (χ2n) is 3.25. The van der Waals surface area contributed by atoms with Crippen LogP contribution in [0.3, 0.4) is 0 Å². The minimum absolute atomic E-state index is 0.325. The summed E-state index contributed by atoms with van der Waals surface area (Å²) in [6, 6.07) is 0.995. The van der Waals surface area contributed by atoms with Gasteiger partial charge in [-0.25, -0.2) is 0 Å². The van der Waals surface area contributed by atoms with E-state index in [-0.39, 0.29) is 5.91 Å². The van der Waals surface area contributed by atoms with Gasteiger partial charge in [0.25, 0.3) is 5.91 Å². The van der Waals surface area contributed by atoms with Crippen LogP contribution in [0.1, 0.15) is 17.4 Å². The summed E-state index contributed by atoms with van der Waals surface area (Å²) in [4.78, 5) is 22.4. The Hall–Kier alpha value is -1.30. The lowest BCUT2D eigenvalue weighted by molar-refractivity contribution is -0.119. The third-order valence-electron chi connectivity index (χ3n) is 1.98. The minimum Gasteiger partial charge on any atom is -0.368 e. The van der Waals surface area contributed by atoms with Crippen molar-refractivity contribution in [3.8, 4) is 0 Å². The molecular weight excluding hydrogens is 262 g/mol. The van der Waals surface area contributed by atoms with Gasteiger partial charge in [-0.2, -0.15) is 0 Å². The molecule has 0 aromatic carbocycles. The molecule has 1 atom stereocenters. The fraction of sp³-hybridized carbons (Fsp3) is 0.333. The lowest BCUT2D eigenvalue weighted by Gasteiger charge is -2.10. The molecular formula is C9H12BrN3O2. The highest BCUT2D eigenvalue weighted by molar-refractivity contribution is 9.10. The molecule has 82 valence electrons. The van der Waals surface area contributed by atoms with Gasteiger partial charge in [0.05, 0.1) is 0 Å². The fourth-order valence-electron chi connectivity index (χ4n) is 1.09. The highest BCUT2D eigenvalue weighted by Crippen LogP contribution is 2.13. The van der Waals surface area contributed by atoms with Crippen molar-refractivity contribution in [1.82, 2.24) is 9.88 Å². The number of rotatable bonds is 3. The van der Waals surface area contributed by atoms with Crippen LogP contribution in [0, 0.1) is 0 Å². The average molecular weight is 274 g/mol. The van der Waals surface area contributed by atoms with Crippen LogP contribution >= 0.6 is 15.9 Å². The Bertz CT molecular complexity index is 400. The Morgan fingerprint density at radius 2 is 2.20 bits per heavy atom. The largest absolute Gasteiger partial charge is 0.368 e. The van der Waals surface area contributed by atoms with Crippen LogP contribution in [0.2, 0.25) is 0 Å². The van der Waals surface area contributed by atoms with Gasteiger partial charge in [-0.1, -0.05) is 0 Å². The maximum atomic E-state index is 11.6. The van der Waals surface area contributed by atoms with Gasteiger partial charge in [0.15, 0.2) is 0 Å². The van der Waals surface area contributed by atoms with Crippen LogP contribution in [0.25, 0.3) is 0 Å². The number of aromatic nitrogens is 1. The number of aryl methyl sites for hydroxylation is 1. The Balaban J connectivity index is 2.77. The molecule has 0 aliphatic rings. The molecule has 0 radical (unpaired) electrons. The number of primary amides is 1. The molecule has 0 saturated carbocycles. The summed E-state index contributed by atoms with van der Waals surface area (Å²) < 4.78 is 2.47. The molecule has 6 heteroatoms. The van der Waals surface area contributed by atoms with E-state index in [0.29, 0.717) is 5.69 Å². The zero-order valence-electron chi connectivity index (χ0n) is 8.45. The molecule has 1 heterocycles. The van der Waals surface area contributed by atoms with E-state index < -0.39 is 11.9 Å². The maximum Gasteiger partial charge on any atom is 0.268 e. The van der Waals surface area contributed by atoms with Crippen molar-refractivity contribution in [2.75, 3.05) is 0 Å². The molecule has 0 aliphatic heterocycles. The molecule has 0 spiro atoms. The first kappa shape index (κ1) is 11.8. The quantitative estimate of drug-likeness (QED) is 0.836. The first-order chi connectivity index (χ1) is 6.91. The number of halogens is 1. The first-order valence-electron chi connectivity index (χ1n) is 4.34. The standard InChI is InChI=1S/C9H12BrN3O2/c1-5(8(11)14)12-9(15)7-3-6(10)4-13(7)2/h3-5H,1-2H3,(H2,11,14)(H,12,15). The number of carbonyl (C=O) groups is 2. The number of carbonyl (C=O) groups excluding carboxylic acids is 2. The predicted molar refractivity (Wildman–Crippen MR) is 59.2 cm³/mol. The third kappa shape index (κ3) is 2.82. The number of hydrogen-bond acceptors (Lipinski definition) is 2. The molecule has 1 unspecified atom stereocenters. The fourth-order valence-corrected chi connectivity index (χ4v) is 1.62. The second-order valence-corrected chi connectivity index (χ2v) is 4.17. The summed E-state index contributed by atoms with van der Waals surface area (Å²) in [5, 5.41) is 2.49. The SMILES string of the molecule is CC(NC(=O)c1cc(Br)cn1C)C(N)=O. The second kappa shape index (κ2) is 4.48. The van der Waals surface area contributed by atoms with E-state index in [4.69, 9.17) is 5.73 Å². The molecule has 1 aromatic heterocycles. The van der Waals surface area contributed by atoms with E-state index in [0.717, 1.165) is 4.47 Å². The van der Waals surface area contributed by atoms with E-state index in [1.54, 1.807) is 23.9 Å². The summed E-state index contributed by atoms with van der Waals surface area (Å²) in [6.45, 7) is 1.54. The number of nitrogens with two attached hydrogens (primary N) is 1. The zero-order valence-corrected chi connectivity index (χ0v) is 10.0. The number of nitrogens with one attached hydrogen (secondary N) is 1. The lowest BCUT2D eigenvalue weighted by Crippen LogP contribution is -2.42. The Morgan fingerprint density at radius 3 is 2.60 bits per heavy atom. The van der Waals surface area contributed by atoms with Crippen molar-refractivity contribution in [1.29, 1.82) is 0 Å². The molecule has 5 nitrogen and oxygen atoms in total. The van der Waals surface area contributed by atoms with E-state index in [2.05, 4.69) is 21.2 Å². The van der Waals surface area contributed by atoms with Crippen molar-refractivity contribution < 1.29 is 9.59 Å². The van der Waals surface area contributed by atoms with Crippen molar-refractivity contribution >= 4 is 27.7 Å². The molecule has 0 bridgehead atoms. The molecule has 0 saturated heterocycles. The van der Waals surface area contributed by atoms with Crippen molar-refractivity contribution in [2.45, 2.75) is 13.0 Å². The van der Waals surface area contributed by atoms with Crippen LogP contribution in [0.15, 0.2) is 16.7 Å². The normalized spacial score (nSPS) is 12.2. The van der Waals surface area contributed by atoms with Crippen molar-refractivity contribution in [3.05, 3.63) is 22.4 Å². The topological polar surface area (TPSA) is 77.1 Å². The van der Waals surface area contributed by atoms with Gasteiger partial charge >= 0.3 is 0 Å². The summed E-state index contributed by atoms with van der Waals surface area (Å²) in [5.74, 6) is -0.883. The molecule has 1 aromatic rings. The van der Waals surface area contributed by atoms with E-state index in [1.165, 1.54) is 6.92 Å². The minimum atomic E-state index is -0.675. The van der Waals surface area contributed by atoms with E-state index >= 15 is 0 Å². The van der Waals surface area contributed by atoms with Crippen LogP contribution in [0.4, 0.5) is 0 Å². The van der Waals surface area contributed by atoms with Crippen molar-refractivity contribution in [2.24, 2.45) is 12.8 Å². The Kier molecular flexibility index (Phi) is 3.52. The van der Waals surface area contributed by atoms with Gasteiger partial charge in [0, 0.05) is 17.7 Å². The molecule has 3 N–H and O–H groups in total. The smallest absolute Gasteiger partial charge is 0.268 e.